The molecule has 0 bridgehead atoms. The van der Waals surface area contributed by atoms with Crippen LogP contribution in [0.4, 0.5) is 0 Å². The zero-order chi connectivity index (χ0) is 11.4. The van der Waals surface area contributed by atoms with Gasteiger partial charge in [-0.1, -0.05) is 17.3 Å². The van der Waals surface area contributed by atoms with Gasteiger partial charge >= 0.3 is 0 Å². The molecule has 6 nitrogen and oxygen atoms in total. The lowest BCUT2D eigenvalue weighted by Gasteiger charge is -2.01. The number of amides is 1. The number of aromatic nitrogens is 1. The van der Waals surface area contributed by atoms with Gasteiger partial charge in [0.2, 0.25) is 0 Å². The normalized spacial score (nSPS) is 10.6. The molecule has 84 valence electrons. The SMILES string of the molecule is NCCONC(=O)c1noc2ccccc12. The van der Waals surface area contributed by atoms with Gasteiger partial charge in [0.25, 0.3) is 5.91 Å². The summed E-state index contributed by atoms with van der Waals surface area (Å²) in [6, 6.07) is 7.10. The minimum atomic E-state index is -0.446. The van der Waals surface area contributed by atoms with E-state index in [1.807, 2.05) is 0 Å². The van der Waals surface area contributed by atoms with E-state index in [0.29, 0.717) is 17.5 Å². The summed E-state index contributed by atoms with van der Waals surface area (Å²) >= 11 is 0. The van der Waals surface area contributed by atoms with E-state index in [-0.39, 0.29) is 12.3 Å². The Morgan fingerprint density at radius 2 is 2.31 bits per heavy atom. The van der Waals surface area contributed by atoms with Crippen LogP contribution in [0.15, 0.2) is 28.8 Å². The van der Waals surface area contributed by atoms with Gasteiger partial charge in [-0.15, -0.1) is 0 Å². The number of rotatable bonds is 4. The van der Waals surface area contributed by atoms with E-state index in [1.54, 1.807) is 24.3 Å². The second kappa shape index (κ2) is 4.73. The van der Waals surface area contributed by atoms with Crippen molar-refractivity contribution in [3.05, 3.63) is 30.0 Å². The molecule has 0 aliphatic heterocycles. The third kappa shape index (κ3) is 2.02. The first-order chi connectivity index (χ1) is 7.83. The van der Waals surface area contributed by atoms with Gasteiger partial charge in [0.1, 0.15) is 0 Å². The number of carbonyl (C=O) groups is 1. The summed E-state index contributed by atoms with van der Waals surface area (Å²) in [5.74, 6) is -0.446. The third-order valence-electron chi connectivity index (χ3n) is 1.98. The maximum Gasteiger partial charge on any atom is 0.297 e. The van der Waals surface area contributed by atoms with Crippen LogP contribution in [0.5, 0.6) is 0 Å². The Hall–Kier alpha value is -1.92. The van der Waals surface area contributed by atoms with E-state index in [2.05, 4.69) is 10.6 Å². The maximum atomic E-state index is 11.6. The molecule has 2 aromatic rings. The number of nitrogens with one attached hydrogen (secondary N) is 1. The van der Waals surface area contributed by atoms with Gasteiger partial charge in [0.05, 0.1) is 12.0 Å². The molecule has 2 rings (SSSR count). The van der Waals surface area contributed by atoms with Crippen molar-refractivity contribution in [1.29, 1.82) is 0 Å². The zero-order valence-corrected chi connectivity index (χ0v) is 8.47. The first kappa shape index (κ1) is 10.6. The number of fused-ring (bicyclic) bond motifs is 1. The Bertz CT molecular complexity index is 495. The lowest BCUT2D eigenvalue weighted by Crippen LogP contribution is -2.26. The van der Waals surface area contributed by atoms with E-state index in [1.165, 1.54) is 0 Å². The molecule has 6 heteroatoms. The van der Waals surface area contributed by atoms with Crippen LogP contribution in [0.2, 0.25) is 0 Å². The van der Waals surface area contributed by atoms with Crippen LogP contribution in [0.25, 0.3) is 11.0 Å². The first-order valence-corrected chi connectivity index (χ1v) is 4.79. The molecule has 0 aliphatic rings. The fourth-order valence-electron chi connectivity index (χ4n) is 1.27. The number of benzene rings is 1. The van der Waals surface area contributed by atoms with Gasteiger partial charge < -0.3 is 10.3 Å². The van der Waals surface area contributed by atoms with Gasteiger partial charge in [-0.05, 0) is 12.1 Å². The maximum absolute atomic E-state index is 11.6. The molecular weight excluding hydrogens is 210 g/mol. The van der Waals surface area contributed by atoms with Gasteiger partial charge in [-0.2, -0.15) is 0 Å². The lowest BCUT2D eigenvalue weighted by atomic mass is 10.2. The van der Waals surface area contributed by atoms with Crippen molar-refractivity contribution in [3.8, 4) is 0 Å². The molecule has 0 unspecified atom stereocenters. The summed E-state index contributed by atoms with van der Waals surface area (Å²) in [5, 5.41) is 4.33. The van der Waals surface area contributed by atoms with Crippen molar-refractivity contribution in [1.82, 2.24) is 10.6 Å². The highest BCUT2D eigenvalue weighted by Crippen LogP contribution is 2.17. The Kier molecular flexibility index (Phi) is 3.13. The van der Waals surface area contributed by atoms with Crippen LogP contribution in [0, 0.1) is 0 Å². The fraction of sp³-hybridized carbons (Fsp3) is 0.200. The Morgan fingerprint density at radius 3 is 3.12 bits per heavy atom. The summed E-state index contributed by atoms with van der Waals surface area (Å²) in [6.07, 6.45) is 0. The smallest absolute Gasteiger partial charge is 0.297 e. The summed E-state index contributed by atoms with van der Waals surface area (Å²) in [4.78, 5) is 16.4. The van der Waals surface area contributed by atoms with Crippen molar-refractivity contribution >= 4 is 16.9 Å². The molecule has 1 heterocycles. The van der Waals surface area contributed by atoms with E-state index in [0.717, 1.165) is 0 Å². The quantitative estimate of drug-likeness (QED) is 0.577. The van der Waals surface area contributed by atoms with Gasteiger partial charge in [-0.25, -0.2) is 5.48 Å². The van der Waals surface area contributed by atoms with E-state index >= 15 is 0 Å². The van der Waals surface area contributed by atoms with Gasteiger partial charge in [0.15, 0.2) is 11.3 Å². The largest absolute Gasteiger partial charge is 0.355 e. The molecule has 0 saturated carbocycles. The molecule has 0 radical (unpaired) electrons. The molecule has 16 heavy (non-hydrogen) atoms. The topological polar surface area (TPSA) is 90.4 Å². The average molecular weight is 221 g/mol. The van der Waals surface area contributed by atoms with Crippen LogP contribution >= 0.6 is 0 Å². The van der Waals surface area contributed by atoms with Gasteiger partial charge in [0, 0.05) is 6.54 Å². The Morgan fingerprint density at radius 1 is 1.50 bits per heavy atom. The number of carbonyl (C=O) groups excluding carboxylic acids is 1. The number of hydroxylamine groups is 1. The molecule has 1 aromatic carbocycles. The highest BCUT2D eigenvalue weighted by atomic mass is 16.7. The summed E-state index contributed by atoms with van der Waals surface area (Å²) in [7, 11) is 0. The zero-order valence-electron chi connectivity index (χ0n) is 8.47. The summed E-state index contributed by atoms with van der Waals surface area (Å²) in [6.45, 7) is 0.585. The average Bonchev–Trinajstić information content (AvgIpc) is 2.73. The van der Waals surface area contributed by atoms with Crippen molar-refractivity contribution in [3.63, 3.8) is 0 Å². The summed E-state index contributed by atoms with van der Waals surface area (Å²) < 4.78 is 4.99. The Balaban J connectivity index is 2.17. The van der Waals surface area contributed by atoms with Gasteiger partial charge in [-0.3, -0.25) is 9.63 Å². The molecule has 0 saturated heterocycles. The summed E-state index contributed by atoms with van der Waals surface area (Å²) in [5.41, 5.74) is 8.21. The molecule has 0 aliphatic carbocycles. The predicted molar refractivity (Wildman–Crippen MR) is 56.5 cm³/mol. The molecule has 1 amide bonds. The number of hydrogen-bond donors (Lipinski definition) is 2. The monoisotopic (exact) mass is 221 g/mol. The van der Waals surface area contributed by atoms with Crippen LogP contribution < -0.4 is 11.2 Å². The van der Waals surface area contributed by atoms with E-state index in [9.17, 15) is 4.79 Å². The number of nitrogens with two attached hydrogens (primary N) is 1. The van der Waals surface area contributed by atoms with Crippen LogP contribution in [-0.4, -0.2) is 24.2 Å². The second-order valence-electron chi connectivity index (χ2n) is 3.10. The molecule has 1 aromatic heterocycles. The minimum absolute atomic E-state index is 0.202. The van der Waals surface area contributed by atoms with Crippen molar-refractivity contribution in [2.24, 2.45) is 5.73 Å². The number of para-hydroxylation sites is 1. The second-order valence-corrected chi connectivity index (χ2v) is 3.10. The standard InChI is InChI=1S/C10H11N3O3/c11-5-6-15-13-10(14)9-7-3-1-2-4-8(7)16-12-9/h1-4H,5-6,11H2,(H,13,14). The fourth-order valence-corrected chi connectivity index (χ4v) is 1.27. The molecule has 3 N–H and O–H groups in total. The van der Waals surface area contributed by atoms with Crippen molar-refractivity contribution in [2.75, 3.05) is 13.2 Å². The minimum Gasteiger partial charge on any atom is -0.355 e. The van der Waals surface area contributed by atoms with Crippen molar-refractivity contribution in [2.45, 2.75) is 0 Å². The number of hydrogen-bond acceptors (Lipinski definition) is 5. The van der Waals surface area contributed by atoms with Crippen LogP contribution in [-0.2, 0) is 4.84 Å². The van der Waals surface area contributed by atoms with E-state index in [4.69, 9.17) is 15.1 Å². The Labute approximate surface area is 91.3 Å². The van der Waals surface area contributed by atoms with E-state index < -0.39 is 5.91 Å². The number of nitrogens with zero attached hydrogens (tertiary/aromatic N) is 1. The molecule has 0 fully saturated rings. The van der Waals surface area contributed by atoms with Crippen molar-refractivity contribution < 1.29 is 14.2 Å². The van der Waals surface area contributed by atoms with Crippen LogP contribution in [0.3, 0.4) is 0 Å². The first-order valence-electron chi connectivity index (χ1n) is 4.79. The third-order valence-corrected chi connectivity index (χ3v) is 1.98. The molecule has 0 spiro atoms. The highest BCUT2D eigenvalue weighted by molar-refractivity contribution is 6.03. The molecule has 0 atom stereocenters. The molecular formula is C10H11N3O3. The highest BCUT2D eigenvalue weighted by Gasteiger charge is 2.15. The van der Waals surface area contributed by atoms with Crippen LogP contribution in [0.1, 0.15) is 10.5 Å². The predicted octanol–water partition coefficient (Wildman–Crippen LogP) is 0.448. The lowest BCUT2D eigenvalue weighted by molar-refractivity contribution is 0.0337.